The van der Waals surface area contributed by atoms with Crippen LogP contribution in [0.25, 0.3) is 11.1 Å². The summed E-state index contributed by atoms with van der Waals surface area (Å²) in [4.78, 5) is 11.5. The molecule has 0 aliphatic heterocycles. The topological polar surface area (TPSA) is 46.5 Å². The van der Waals surface area contributed by atoms with Crippen molar-refractivity contribution >= 4 is 5.97 Å². The van der Waals surface area contributed by atoms with Gasteiger partial charge in [0.1, 0.15) is 5.75 Å². The molecule has 1 N–H and O–H groups in total. The van der Waals surface area contributed by atoms with Gasteiger partial charge >= 0.3 is 12.1 Å². The van der Waals surface area contributed by atoms with E-state index in [0.29, 0.717) is 0 Å². The van der Waals surface area contributed by atoms with Gasteiger partial charge in [-0.05, 0) is 35.9 Å². The van der Waals surface area contributed by atoms with Crippen LogP contribution in [0.5, 0.6) is 5.75 Å². The van der Waals surface area contributed by atoms with E-state index >= 15 is 0 Å². The molecule has 2 rings (SSSR count). The van der Waals surface area contributed by atoms with Crippen LogP contribution >= 0.6 is 0 Å². The molecular weight excluding hydrogens is 285 g/mol. The van der Waals surface area contributed by atoms with Crippen LogP contribution in [0, 0.1) is 0 Å². The highest BCUT2D eigenvalue weighted by atomic mass is 19.4. The van der Waals surface area contributed by atoms with E-state index < -0.39 is 17.7 Å². The minimum atomic E-state index is -4.48. The van der Waals surface area contributed by atoms with Crippen molar-refractivity contribution in [2.75, 3.05) is 7.11 Å². The van der Waals surface area contributed by atoms with Gasteiger partial charge in [-0.3, -0.25) is 0 Å². The first-order valence-electron chi connectivity index (χ1n) is 5.92. The average molecular weight is 296 g/mol. The summed E-state index contributed by atoms with van der Waals surface area (Å²) in [6.07, 6.45) is -4.48. The first-order valence-corrected chi connectivity index (χ1v) is 5.92. The standard InChI is InChI=1S/C15H11F3O3/c1-21-14(20)10-5-6-13(19)12(8-10)9-3-2-4-11(7-9)15(16,17)18/h2-8,19H,1H3. The van der Waals surface area contributed by atoms with E-state index in [4.69, 9.17) is 0 Å². The van der Waals surface area contributed by atoms with E-state index in [-0.39, 0.29) is 22.4 Å². The fourth-order valence-corrected chi connectivity index (χ4v) is 1.88. The molecule has 0 atom stereocenters. The number of benzene rings is 2. The Kier molecular flexibility index (Phi) is 3.88. The lowest BCUT2D eigenvalue weighted by atomic mass is 10.00. The summed E-state index contributed by atoms with van der Waals surface area (Å²) < 4.78 is 42.7. The van der Waals surface area contributed by atoms with Crippen molar-refractivity contribution in [2.24, 2.45) is 0 Å². The first-order chi connectivity index (χ1) is 9.82. The Bertz CT molecular complexity index is 678. The van der Waals surface area contributed by atoms with Gasteiger partial charge in [0.15, 0.2) is 0 Å². The van der Waals surface area contributed by atoms with E-state index in [2.05, 4.69) is 4.74 Å². The lowest BCUT2D eigenvalue weighted by molar-refractivity contribution is -0.137. The first kappa shape index (κ1) is 14.9. The van der Waals surface area contributed by atoms with Gasteiger partial charge in [-0.2, -0.15) is 13.2 Å². The highest BCUT2D eigenvalue weighted by molar-refractivity contribution is 5.91. The molecule has 110 valence electrons. The summed E-state index contributed by atoms with van der Waals surface area (Å²) in [5.41, 5.74) is -0.400. The zero-order valence-corrected chi connectivity index (χ0v) is 10.9. The van der Waals surface area contributed by atoms with E-state index in [1.165, 1.54) is 37.4 Å². The normalized spacial score (nSPS) is 11.2. The van der Waals surface area contributed by atoms with Crippen molar-refractivity contribution in [2.45, 2.75) is 6.18 Å². The van der Waals surface area contributed by atoms with Crippen LogP contribution in [0.1, 0.15) is 15.9 Å². The Balaban J connectivity index is 2.54. The van der Waals surface area contributed by atoms with Crippen LogP contribution in [0.2, 0.25) is 0 Å². The molecule has 21 heavy (non-hydrogen) atoms. The number of hydrogen-bond donors (Lipinski definition) is 1. The van der Waals surface area contributed by atoms with Gasteiger partial charge in [-0.25, -0.2) is 4.79 Å². The fraction of sp³-hybridized carbons (Fsp3) is 0.133. The largest absolute Gasteiger partial charge is 0.507 e. The second kappa shape index (κ2) is 5.47. The van der Waals surface area contributed by atoms with Crippen LogP contribution in [0.15, 0.2) is 42.5 Å². The minimum absolute atomic E-state index is 0.129. The Morgan fingerprint density at radius 2 is 1.86 bits per heavy atom. The molecule has 0 saturated carbocycles. The minimum Gasteiger partial charge on any atom is -0.507 e. The zero-order chi connectivity index (χ0) is 15.6. The van der Waals surface area contributed by atoms with E-state index in [1.807, 2.05) is 0 Å². The lowest BCUT2D eigenvalue weighted by Gasteiger charge is -2.11. The molecule has 0 aliphatic rings. The van der Waals surface area contributed by atoms with Crippen LogP contribution in [0.4, 0.5) is 13.2 Å². The number of hydrogen-bond acceptors (Lipinski definition) is 3. The summed E-state index contributed by atoms with van der Waals surface area (Å²) in [6.45, 7) is 0. The molecule has 0 aliphatic carbocycles. The average Bonchev–Trinajstić information content (AvgIpc) is 2.46. The SMILES string of the molecule is COC(=O)c1ccc(O)c(-c2cccc(C(F)(F)F)c2)c1. The Hall–Kier alpha value is -2.50. The van der Waals surface area contributed by atoms with Crippen LogP contribution in [0.3, 0.4) is 0 Å². The second-order valence-corrected chi connectivity index (χ2v) is 4.30. The third-order valence-corrected chi connectivity index (χ3v) is 2.92. The fourth-order valence-electron chi connectivity index (χ4n) is 1.88. The Labute approximate surface area is 118 Å². The molecular formula is C15H11F3O3. The van der Waals surface area contributed by atoms with Gasteiger partial charge in [-0.15, -0.1) is 0 Å². The maximum absolute atomic E-state index is 12.7. The number of methoxy groups -OCH3 is 1. The lowest BCUT2D eigenvalue weighted by Crippen LogP contribution is -2.04. The van der Waals surface area contributed by atoms with E-state index in [0.717, 1.165) is 12.1 Å². The summed E-state index contributed by atoms with van der Waals surface area (Å²) >= 11 is 0. The summed E-state index contributed by atoms with van der Waals surface area (Å²) in [7, 11) is 1.19. The Morgan fingerprint density at radius 3 is 2.48 bits per heavy atom. The number of ether oxygens (including phenoxy) is 1. The number of carbonyl (C=O) groups excluding carboxylic acids is 1. The molecule has 0 heterocycles. The highest BCUT2D eigenvalue weighted by Gasteiger charge is 2.30. The molecule has 2 aromatic rings. The smallest absolute Gasteiger partial charge is 0.416 e. The molecule has 0 fully saturated rings. The van der Waals surface area contributed by atoms with Gasteiger partial charge in [0.05, 0.1) is 18.2 Å². The number of esters is 1. The van der Waals surface area contributed by atoms with Crippen molar-refractivity contribution in [3.8, 4) is 16.9 Å². The summed E-state index contributed by atoms with van der Waals surface area (Å²) in [6, 6.07) is 8.37. The molecule has 2 aromatic carbocycles. The predicted octanol–water partition coefficient (Wildman–Crippen LogP) is 3.86. The molecule has 0 aromatic heterocycles. The molecule has 3 nitrogen and oxygen atoms in total. The number of phenolic OH excluding ortho intramolecular Hbond substituents is 1. The molecule has 0 saturated heterocycles. The third-order valence-electron chi connectivity index (χ3n) is 2.92. The highest BCUT2D eigenvalue weighted by Crippen LogP contribution is 2.35. The predicted molar refractivity (Wildman–Crippen MR) is 69.9 cm³/mol. The van der Waals surface area contributed by atoms with Crippen LogP contribution in [-0.4, -0.2) is 18.2 Å². The molecule has 0 unspecified atom stereocenters. The number of phenols is 1. The third kappa shape index (κ3) is 3.16. The number of halogens is 3. The molecule has 0 bridgehead atoms. The van der Waals surface area contributed by atoms with Crippen LogP contribution in [-0.2, 0) is 10.9 Å². The van der Waals surface area contributed by atoms with Crippen molar-refractivity contribution in [1.82, 2.24) is 0 Å². The van der Waals surface area contributed by atoms with Crippen molar-refractivity contribution in [1.29, 1.82) is 0 Å². The maximum atomic E-state index is 12.7. The monoisotopic (exact) mass is 296 g/mol. The van der Waals surface area contributed by atoms with Crippen LogP contribution < -0.4 is 0 Å². The zero-order valence-electron chi connectivity index (χ0n) is 10.9. The van der Waals surface area contributed by atoms with E-state index in [1.54, 1.807) is 0 Å². The summed E-state index contributed by atoms with van der Waals surface area (Å²) in [5, 5.41) is 9.80. The second-order valence-electron chi connectivity index (χ2n) is 4.30. The van der Waals surface area contributed by atoms with Crippen molar-refractivity contribution in [3.63, 3.8) is 0 Å². The van der Waals surface area contributed by atoms with Gasteiger partial charge in [-0.1, -0.05) is 12.1 Å². The van der Waals surface area contributed by atoms with Gasteiger partial charge < -0.3 is 9.84 Å². The van der Waals surface area contributed by atoms with Gasteiger partial charge in [0, 0.05) is 5.56 Å². The molecule has 6 heteroatoms. The van der Waals surface area contributed by atoms with Crippen molar-refractivity contribution < 1.29 is 27.8 Å². The maximum Gasteiger partial charge on any atom is 0.416 e. The number of alkyl halides is 3. The molecule has 0 radical (unpaired) electrons. The molecule has 0 spiro atoms. The van der Waals surface area contributed by atoms with Gasteiger partial charge in [0.25, 0.3) is 0 Å². The van der Waals surface area contributed by atoms with Gasteiger partial charge in [0.2, 0.25) is 0 Å². The number of carbonyl (C=O) groups is 1. The number of aromatic hydroxyl groups is 1. The summed E-state index contributed by atoms with van der Waals surface area (Å²) in [5.74, 6) is -0.856. The number of rotatable bonds is 2. The van der Waals surface area contributed by atoms with Crippen molar-refractivity contribution in [3.05, 3.63) is 53.6 Å². The molecule has 0 amide bonds. The quantitative estimate of drug-likeness (QED) is 0.856. The Morgan fingerprint density at radius 1 is 1.14 bits per heavy atom. The van der Waals surface area contributed by atoms with E-state index in [9.17, 15) is 23.1 Å².